The molecule has 4 rings (SSSR count). The summed E-state index contributed by atoms with van der Waals surface area (Å²) in [5.41, 5.74) is 3.49. The van der Waals surface area contributed by atoms with Crippen LogP contribution >= 0.6 is 11.3 Å². The molecule has 3 nitrogen and oxygen atoms in total. The summed E-state index contributed by atoms with van der Waals surface area (Å²) in [4.78, 5) is 8.73. The molecule has 0 unspecified atom stereocenters. The molecule has 21 heavy (non-hydrogen) atoms. The molecule has 2 heterocycles. The van der Waals surface area contributed by atoms with Gasteiger partial charge in [0.15, 0.2) is 0 Å². The number of benzene rings is 2. The molecule has 0 atom stereocenters. The second kappa shape index (κ2) is 4.82. The molecule has 0 amide bonds. The minimum Gasteiger partial charge on any atom is -0.372 e. The van der Waals surface area contributed by atoms with E-state index in [4.69, 9.17) is 0 Å². The van der Waals surface area contributed by atoms with Gasteiger partial charge in [0, 0.05) is 17.1 Å². The summed E-state index contributed by atoms with van der Waals surface area (Å²) < 4.78 is 2.35. The fourth-order valence-corrected chi connectivity index (χ4v) is 3.75. The molecule has 102 valence electrons. The van der Waals surface area contributed by atoms with E-state index in [0.29, 0.717) is 0 Å². The van der Waals surface area contributed by atoms with Crippen LogP contribution in [-0.2, 0) is 0 Å². The fraction of sp³-hybridized carbons (Fsp3) is 0.0588. The van der Waals surface area contributed by atoms with E-state index in [-0.39, 0.29) is 0 Å². The zero-order valence-corrected chi connectivity index (χ0v) is 12.3. The van der Waals surface area contributed by atoms with Gasteiger partial charge in [-0.15, -0.1) is 11.3 Å². The number of hydrogen-bond acceptors (Lipinski definition) is 4. The molecule has 4 aromatic rings. The maximum absolute atomic E-state index is 4.44. The zero-order chi connectivity index (χ0) is 14.2. The second-order valence-electron chi connectivity index (χ2n) is 4.83. The molecule has 1 N–H and O–H groups in total. The molecule has 0 saturated carbocycles. The molecule has 2 aromatic carbocycles. The van der Waals surface area contributed by atoms with Crippen molar-refractivity contribution in [3.8, 4) is 11.1 Å². The predicted octanol–water partition coefficient (Wildman–Crippen LogP) is 4.55. The van der Waals surface area contributed by atoms with Crippen molar-refractivity contribution in [2.75, 3.05) is 12.4 Å². The maximum Gasteiger partial charge on any atom is 0.147 e. The van der Waals surface area contributed by atoms with Gasteiger partial charge in [-0.1, -0.05) is 42.5 Å². The van der Waals surface area contributed by atoms with Gasteiger partial charge in [0.1, 0.15) is 12.1 Å². The van der Waals surface area contributed by atoms with Gasteiger partial charge in [0.25, 0.3) is 0 Å². The number of rotatable bonds is 2. The maximum atomic E-state index is 4.44. The Bertz CT molecular complexity index is 929. The summed E-state index contributed by atoms with van der Waals surface area (Å²) in [6, 6.07) is 17.0. The highest BCUT2D eigenvalue weighted by atomic mass is 32.1. The van der Waals surface area contributed by atoms with Crippen LogP contribution in [0.1, 0.15) is 0 Å². The lowest BCUT2D eigenvalue weighted by Gasteiger charge is -2.01. The largest absolute Gasteiger partial charge is 0.372 e. The van der Waals surface area contributed by atoms with Gasteiger partial charge in [-0.2, -0.15) is 0 Å². The molecule has 0 saturated heterocycles. The summed E-state index contributed by atoms with van der Waals surface area (Å²) in [5, 5.41) is 4.33. The van der Waals surface area contributed by atoms with Gasteiger partial charge in [-0.3, -0.25) is 0 Å². The highest BCUT2D eigenvalue weighted by molar-refractivity contribution is 7.26. The minimum atomic E-state index is 0.891. The Balaban J connectivity index is 1.99. The molecule has 0 spiro atoms. The third-order valence-electron chi connectivity index (χ3n) is 3.60. The highest BCUT2D eigenvalue weighted by Gasteiger charge is 2.11. The number of nitrogens with zero attached hydrogens (tertiary/aromatic N) is 2. The van der Waals surface area contributed by atoms with Crippen molar-refractivity contribution in [3.63, 3.8) is 0 Å². The first-order valence-corrected chi connectivity index (χ1v) is 7.59. The number of thiophene rings is 1. The Morgan fingerprint density at radius 3 is 2.62 bits per heavy atom. The van der Waals surface area contributed by atoms with Gasteiger partial charge in [0.05, 0.1) is 10.2 Å². The lowest BCUT2D eigenvalue weighted by molar-refractivity contribution is 1.22. The molecule has 4 heteroatoms. The van der Waals surface area contributed by atoms with E-state index in [1.165, 1.54) is 21.2 Å². The standard InChI is InChI=1S/C17H13N3S/c1-18-17-16-15(19-10-20-17)13-8-7-12(9-14(13)21-16)11-5-3-2-4-6-11/h2-10H,1H3,(H,18,19,20). The SMILES string of the molecule is CNc1ncnc2c1sc1cc(-c3ccccc3)ccc12. The summed E-state index contributed by atoms with van der Waals surface area (Å²) >= 11 is 1.73. The molecule has 0 aliphatic rings. The molecule has 0 fully saturated rings. The summed E-state index contributed by atoms with van der Waals surface area (Å²) in [6.45, 7) is 0. The highest BCUT2D eigenvalue weighted by Crippen LogP contribution is 2.37. The van der Waals surface area contributed by atoms with Crippen molar-refractivity contribution in [1.82, 2.24) is 9.97 Å². The monoisotopic (exact) mass is 291 g/mol. The van der Waals surface area contributed by atoms with E-state index < -0.39 is 0 Å². The Morgan fingerprint density at radius 2 is 1.81 bits per heavy atom. The average Bonchev–Trinajstić information content (AvgIpc) is 2.93. The predicted molar refractivity (Wildman–Crippen MR) is 89.9 cm³/mol. The summed E-state index contributed by atoms with van der Waals surface area (Å²) in [6.07, 6.45) is 1.62. The van der Waals surface area contributed by atoms with E-state index in [1.807, 2.05) is 13.1 Å². The number of fused-ring (bicyclic) bond motifs is 3. The molecule has 0 aliphatic carbocycles. The van der Waals surface area contributed by atoms with Crippen molar-refractivity contribution in [3.05, 3.63) is 54.9 Å². The fourth-order valence-electron chi connectivity index (χ4n) is 2.56. The zero-order valence-electron chi connectivity index (χ0n) is 11.5. The van der Waals surface area contributed by atoms with Gasteiger partial charge in [-0.25, -0.2) is 9.97 Å². The number of nitrogens with one attached hydrogen (secondary N) is 1. The van der Waals surface area contributed by atoms with Crippen LogP contribution in [0.5, 0.6) is 0 Å². The Labute approximate surface area is 126 Å². The van der Waals surface area contributed by atoms with Crippen LogP contribution in [0.15, 0.2) is 54.9 Å². The van der Waals surface area contributed by atoms with Crippen molar-refractivity contribution in [1.29, 1.82) is 0 Å². The number of aromatic nitrogens is 2. The first-order valence-electron chi connectivity index (χ1n) is 6.77. The van der Waals surface area contributed by atoms with Crippen LogP contribution in [0.4, 0.5) is 5.82 Å². The van der Waals surface area contributed by atoms with Crippen LogP contribution in [0.2, 0.25) is 0 Å². The van der Waals surface area contributed by atoms with Gasteiger partial charge >= 0.3 is 0 Å². The topological polar surface area (TPSA) is 37.8 Å². The van der Waals surface area contributed by atoms with E-state index in [2.05, 4.69) is 57.7 Å². The van der Waals surface area contributed by atoms with E-state index in [1.54, 1.807) is 17.7 Å². The average molecular weight is 291 g/mol. The van der Waals surface area contributed by atoms with Crippen molar-refractivity contribution in [2.24, 2.45) is 0 Å². The molecule has 0 radical (unpaired) electrons. The molecular formula is C17H13N3S. The first-order chi connectivity index (χ1) is 10.4. The van der Waals surface area contributed by atoms with E-state index >= 15 is 0 Å². The quantitative estimate of drug-likeness (QED) is 0.588. The van der Waals surface area contributed by atoms with Crippen LogP contribution in [0.25, 0.3) is 31.4 Å². The smallest absolute Gasteiger partial charge is 0.147 e. The van der Waals surface area contributed by atoms with Crippen LogP contribution < -0.4 is 5.32 Å². The van der Waals surface area contributed by atoms with Crippen molar-refractivity contribution < 1.29 is 0 Å². The van der Waals surface area contributed by atoms with Gasteiger partial charge < -0.3 is 5.32 Å². The Morgan fingerprint density at radius 1 is 0.952 bits per heavy atom. The molecule has 0 aliphatic heterocycles. The molecule has 2 aromatic heterocycles. The molecular weight excluding hydrogens is 278 g/mol. The third-order valence-corrected chi connectivity index (χ3v) is 4.74. The van der Waals surface area contributed by atoms with Crippen LogP contribution in [-0.4, -0.2) is 17.0 Å². The lowest BCUT2D eigenvalue weighted by Crippen LogP contribution is -1.92. The van der Waals surface area contributed by atoms with Crippen LogP contribution in [0, 0.1) is 0 Å². The normalized spacial score (nSPS) is 11.1. The summed E-state index contributed by atoms with van der Waals surface area (Å²) in [5.74, 6) is 0.891. The number of anilines is 1. The second-order valence-corrected chi connectivity index (χ2v) is 5.88. The van der Waals surface area contributed by atoms with Crippen molar-refractivity contribution >= 4 is 37.5 Å². The van der Waals surface area contributed by atoms with Crippen molar-refractivity contribution in [2.45, 2.75) is 0 Å². The first kappa shape index (κ1) is 12.3. The third kappa shape index (κ3) is 1.96. The minimum absolute atomic E-state index is 0.891. The summed E-state index contributed by atoms with van der Waals surface area (Å²) in [7, 11) is 1.89. The van der Waals surface area contributed by atoms with Gasteiger partial charge in [-0.05, 0) is 17.2 Å². The Hall–Kier alpha value is -2.46. The van der Waals surface area contributed by atoms with E-state index in [9.17, 15) is 0 Å². The van der Waals surface area contributed by atoms with Gasteiger partial charge in [0.2, 0.25) is 0 Å². The number of hydrogen-bond donors (Lipinski definition) is 1. The molecule has 0 bridgehead atoms. The Kier molecular flexibility index (Phi) is 2.82. The van der Waals surface area contributed by atoms with E-state index in [0.717, 1.165) is 16.0 Å². The lowest BCUT2D eigenvalue weighted by atomic mass is 10.0. The van der Waals surface area contributed by atoms with Crippen LogP contribution in [0.3, 0.4) is 0 Å².